The molecule has 1 aliphatic carbocycles. The molecule has 6 rings (SSSR count). The third kappa shape index (κ3) is 11.4. The molecule has 2 amide bonds. The number of aromatic nitrogens is 2. The van der Waals surface area contributed by atoms with E-state index in [4.69, 9.17) is 0 Å². The molecule has 0 spiro atoms. The summed E-state index contributed by atoms with van der Waals surface area (Å²) in [7, 11) is -4.49. The van der Waals surface area contributed by atoms with Crippen molar-refractivity contribution in [1.82, 2.24) is 19.2 Å². The molecule has 1 aromatic heterocycles. The van der Waals surface area contributed by atoms with Crippen LogP contribution in [0.5, 0.6) is 0 Å². The van der Waals surface area contributed by atoms with Crippen molar-refractivity contribution in [2.75, 3.05) is 17.6 Å². The Morgan fingerprint density at radius 3 is 2.36 bits per heavy atom. The average Bonchev–Trinajstić information content (AvgIpc) is 3.61. The summed E-state index contributed by atoms with van der Waals surface area (Å²) in [6, 6.07) is 25.6. The Kier molecular flexibility index (Phi) is 14.0. The van der Waals surface area contributed by atoms with Crippen molar-refractivity contribution in [3.63, 3.8) is 0 Å². The van der Waals surface area contributed by atoms with Crippen molar-refractivity contribution in [2.45, 2.75) is 100 Å². The highest BCUT2D eigenvalue weighted by atomic mass is 32.2. The zero-order valence-corrected chi connectivity index (χ0v) is 35.3. The summed E-state index contributed by atoms with van der Waals surface area (Å²) >= 11 is 1.57. The minimum absolute atomic E-state index is 0.107. The smallest absolute Gasteiger partial charge is 0.407 e. The van der Waals surface area contributed by atoms with Crippen molar-refractivity contribution in [3.05, 3.63) is 113 Å². The van der Waals surface area contributed by atoms with Gasteiger partial charge in [0.05, 0.1) is 27.2 Å². The Balaban J connectivity index is 1.12. The van der Waals surface area contributed by atoms with Gasteiger partial charge in [0.2, 0.25) is 0 Å². The highest BCUT2D eigenvalue weighted by Crippen LogP contribution is 2.32. The van der Waals surface area contributed by atoms with Crippen molar-refractivity contribution in [1.29, 1.82) is 0 Å². The third-order valence-electron chi connectivity index (χ3n) is 10.8. The molecule has 3 N–H and O–H groups in total. The van der Waals surface area contributed by atoms with Gasteiger partial charge in [-0.3, -0.25) is 14.9 Å². The summed E-state index contributed by atoms with van der Waals surface area (Å²) in [6.07, 6.45) is 9.07. The summed E-state index contributed by atoms with van der Waals surface area (Å²) < 4.78 is 31.2. The maximum atomic E-state index is 13.4. The number of rotatable bonds is 17. The summed E-state index contributed by atoms with van der Waals surface area (Å²) in [6.45, 7) is 6.81. The normalized spacial score (nSPS) is 14.2. The number of hydrogen-bond donors (Lipinski definition) is 3. The van der Waals surface area contributed by atoms with Crippen LogP contribution in [0.3, 0.4) is 0 Å². The zero-order chi connectivity index (χ0) is 42.2. The van der Waals surface area contributed by atoms with Gasteiger partial charge in [-0.25, -0.2) is 22.9 Å². The molecule has 1 atom stereocenters. The quantitative estimate of drug-likeness (QED) is 0.0354. The lowest BCUT2D eigenvalue weighted by molar-refractivity contribution is -0.384. The van der Waals surface area contributed by atoms with Gasteiger partial charge < -0.3 is 19.9 Å². The number of carbonyl (C=O) groups is 2. The van der Waals surface area contributed by atoms with Crippen LogP contribution in [0.4, 0.5) is 16.2 Å². The van der Waals surface area contributed by atoms with Crippen molar-refractivity contribution < 1.29 is 28.0 Å². The van der Waals surface area contributed by atoms with Crippen LogP contribution < -0.4 is 10.0 Å². The molecule has 0 saturated heterocycles. The summed E-state index contributed by atoms with van der Waals surface area (Å²) in [5.41, 5.74) is 2.91. The van der Waals surface area contributed by atoms with Crippen LogP contribution in [0.15, 0.2) is 107 Å². The predicted octanol–water partition coefficient (Wildman–Crippen LogP) is 9.83. The summed E-state index contributed by atoms with van der Waals surface area (Å²) in [5.74, 6) is 0.338. The average molecular weight is 841 g/mol. The van der Waals surface area contributed by atoms with E-state index < -0.39 is 43.1 Å². The number of fused-ring (bicyclic) bond motifs is 1. The fraction of sp³-hybridized carbons (Fsp3) is 0.386. The van der Waals surface area contributed by atoms with Crippen LogP contribution in [-0.2, 0) is 16.6 Å². The fourth-order valence-electron chi connectivity index (χ4n) is 7.55. The van der Waals surface area contributed by atoms with Gasteiger partial charge in [-0.15, -0.1) is 11.8 Å². The van der Waals surface area contributed by atoms with Crippen LogP contribution >= 0.6 is 11.8 Å². The van der Waals surface area contributed by atoms with Gasteiger partial charge in [-0.1, -0.05) is 55.7 Å². The molecule has 1 aliphatic rings. The van der Waals surface area contributed by atoms with E-state index in [2.05, 4.69) is 25.7 Å². The molecule has 312 valence electrons. The molecular weight excluding hydrogens is 789 g/mol. The second-order valence-electron chi connectivity index (χ2n) is 16.1. The van der Waals surface area contributed by atoms with Crippen LogP contribution in [0.25, 0.3) is 22.2 Å². The molecule has 0 bridgehead atoms. The SMILES string of the molecule is CC(C)(C)N(CCCC[C@H](CSc1ccccc1)Nc1ccc(S(=O)(=O)NC(=O)c2ccc(-c3ccc4c(c3)ncn4CC3CCCCC3)cc2)cc1[N+](=O)[O-])C(=O)O. The first-order valence-electron chi connectivity index (χ1n) is 20.0. The van der Waals surface area contributed by atoms with Gasteiger partial charge in [0.15, 0.2) is 0 Å². The number of imidazole rings is 1. The highest BCUT2D eigenvalue weighted by Gasteiger charge is 2.27. The highest BCUT2D eigenvalue weighted by molar-refractivity contribution is 7.99. The Morgan fingerprint density at radius 2 is 1.68 bits per heavy atom. The summed E-state index contributed by atoms with van der Waals surface area (Å²) in [4.78, 5) is 43.3. The molecule has 15 heteroatoms. The molecule has 1 heterocycles. The van der Waals surface area contributed by atoms with Crippen molar-refractivity contribution in [3.8, 4) is 11.1 Å². The van der Waals surface area contributed by atoms with E-state index in [-0.39, 0.29) is 17.3 Å². The van der Waals surface area contributed by atoms with E-state index in [9.17, 15) is 33.2 Å². The van der Waals surface area contributed by atoms with E-state index in [1.807, 2.05) is 69.6 Å². The second-order valence-corrected chi connectivity index (χ2v) is 18.9. The van der Waals surface area contributed by atoms with Gasteiger partial charge in [0.25, 0.3) is 21.6 Å². The van der Waals surface area contributed by atoms with Crippen LogP contribution in [0.2, 0.25) is 0 Å². The minimum atomic E-state index is -4.49. The first-order chi connectivity index (χ1) is 28.2. The van der Waals surface area contributed by atoms with Gasteiger partial charge in [-0.05, 0) is 118 Å². The number of thioether (sulfide) groups is 1. The van der Waals surface area contributed by atoms with E-state index in [0.717, 1.165) is 39.7 Å². The number of hydrogen-bond acceptors (Lipinski definition) is 9. The Bertz CT molecular complexity index is 2360. The Morgan fingerprint density at radius 1 is 0.966 bits per heavy atom. The van der Waals surface area contributed by atoms with E-state index in [1.165, 1.54) is 61.3 Å². The zero-order valence-electron chi connectivity index (χ0n) is 33.7. The number of nitro groups is 1. The van der Waals surface area contributed by atoms with E-state index >= 15 is 0 Å². The van der Waals surface area contributed by atoms with Gasteiger partial charge in [0, 0.05) is 46.9 Å². The molecule has 13 nitrogen and oxygen atoms in total. The van der Waals surface area contributed by atoms with Crippen LogP contribution in [0, 0.1) is 16.0 Å². The topological polar surface area (TPSA) is 177 Å². The molecule has 59 heavy (non-hydrogen) atoms. The molecule has 5 aromatic rings. The molecule has 1 saturated carbocycles. The van der Waals surface area contributed by atoms with Gasteiger partial charge in [-0.2, -0.15) is 0 Å². The predicted molar refractivity (Wildman–Crippen MR) is 232 cm³/mol. The second kappa shape index (κ2) is 19.1. The number of benzene rings is 4. The van der Waals surface area contributed by atoms with E-state index in [1.54, 1.807) is 23.9 Å². The van der Waals surface area contributed by atoms with Crippen molar-refractivity contribution >= 4 is 56.2 Å². The molecule has 4 aromatic carbocycles. The number of carboxylic acid groups (broad SMARTS) is 1. The molecular formula is C44H52N6O7S2. The third-order valence-corrected chi connectivity index (χ3v) is 13.3. The largest absolute Gasteiger partial charge is 0.465 e. The van der Waals surface area contributed by atoms with Crippen molar-refractivity contribution in [2.24, 2.45) is 5.92 Å². The summed E-state index contributed by atoms with van der Waals surface area (Å²) in [5, 5.41) is 25.2. The fourth-order valence-corrected chi connectivity index (χ4v) is 9.54. The number of nitro benzene ring substituents is 1. The minimum Gasteiger partial charge on any atom is -0.465 e. The number of amides is 2. The Hall–Kier alpha value is -5.41. The van der Waals surface area contributed by atoms with Gasteiger partial charge in [0.1, 0.15) is 5.69 Å². The standard InChI is InChI=1S/C44H52N6O7S2/c1-44(2,3)49(43(52)53)25-11-10-14-35(29-58-36-15-8-5-9-16-36)46-38-23-22-37(27-41(38)50(54)55)59(56,57)47-42(51)33-19-17-32(18-20-33)34-21-24-40-39(26-34)45-30-48(40)28-31-12-6-4-7-13-31/h5,8-9,15-24,26-27,30-31,35,46H,4,6-7,10-14,25,28-29H2,1-3H3,(H,47,51)(H,52,53)/t35-/m1/s1. The first-order valence-corrected chi connectivity index (χ1v) is 22.5. The number of nitrogens with zero attached hydrogens (tertiary/aromatic N) is 4. The first kappa shape index (κ1) is 43.2. The monoisotopic (exact) mass is 840 g/mol. The van der Waals surface area contributed by atoms with Crippen LogP contribution in [0.1, 0.15) is 82.5 Å². The maximum absolute atomic E-state index is 13.4. The number of nitrogens with one attached hydrogen (secondary N) is 2. The van der Waals surface area contributed by atoms with E-state index in [0.29, 0.717) is 37.5 Å². The van der Waals surface area contributed by atoms with Gasteiger partial charge >= 0.3 is 6.09 Å². The number of unbranched alkanes of at least 4 members (excludes halogenated alkanes) is 1. The maximum Gasteiger partial charge on any atom is 0.407 e. The number of carbonyl (C=O) groups excluding carboxylic acids is 1. The lowest BCUT2D eigenvalue weighted by Gasteiger charge is -2.33. The Labute approximate surface area is 349 Å². The molecule has 0 aliphatic heterocycles. The lowest BCUT2D eigenvalue weighted by atomic mass is 9.89. The molecule has 0 radical (unpaired) electrons. The molecule has 0 unspecified atom stereocenters. The molecule has 1 fully saturated rings. The number of anilines is 1. The van der Waals surface area contributed by atoms with Crippen LogP contribution in [-0.4, -0.2) is 68.8 Å². The lowest BCUT2D eigenvalue weighted by Crippen LogP contribution is -2.45. The number of sulfonamides is 1.